The van der Waals surface area contributed by atoms with E-state index in [9.17, 15) is 20.4 Å². The summed E-state index contributed by atoms with van der Waals surface area (Å²) in [6, 6.07) is 8.92. The zero-order chi connectivity index (χ0) is 47.8. The van der Waals surface area contributed by atoms with Crippen LogP contribution in [0.15, 0.2) is 24.3 Å². The van der Waals surface area contributed by atoms with Gasteiger partial charge in [-0.15, -0.1) is 12.4 Å². The van der Waals surface area contributed by atoms with E-state index < -0.39 is 22.4 Å². The zero-order valence-electron chi connectivity index (χ0n) is 43.4. The Morgan fingerprint density at radius 1 is 0.580 bits per heavy atom. The zero-order valence-corrected chi connectivity index (χ0v) is 44.2. The van der Waals surface area contributed by atoms with Gasteiger partial charge in [0.1, 0.15) is 23.4 Å². The van der Waals surface area contributed by atoms with Crippen molar-refractivity contribution in [3.05, 3.63) is 46.5 Å². The maximum absolute atomic E-state index is 12.2. The third kappa shape index (κ3) is 5.52. The molecule has 2 aromatic carbocycles. The molecule has 10 fully saturated rings. The van der Waals surface area contributed by atoms with E-state index in [2.05, 4.69) is 63.5 Å². The average Bonchev–Trinajstić information content (AvgIpc) is 4.23. The molecule has 8 saturated carbocycles. The third-order valence-electron chi connectivity index (χ3n) is 23.7. The van der Waals surface area contributed by atoms with Gasteiger partial charge in [-0.2, -0.15) is 0 Å². The molecule has 4 N–H and O–H groups in total. The second-order valence-corrected chi connectivity index (χ2v) is 27.6. The molecule has 11 heteroatoms. The number of aromatic hydroxyl groups is 2. The lowest BCUT2D eigenvalue weighted by molar-refractivity contribution is -0.312. The van der Waals surface area contributed by atoms with E-state index in [4.69, 9.17) is 18.9 Å². The number of likely N-dealkylation sites (tertiary alicyclic amines) is 2. The van der Waals surface area contributed by atoms with Crippen LogP contribution in [0.2, 0.25) is 0 Å². The molecule has 0 unspecified atom stereocenters. The first-order valence-electron chi connectivity index (χ1n) is 27.1. The van der Waals surface area contributed by atoms with Gasteiger partial charge >= 0.3 is 0 Å². The van der Waals surface area contributed by atoms with Gasteiger partial charge in [-0.25, -0.2) is 0 Å². The van der Waals surface area contributed by atoms with Crippen molar-refractivity contribution in [3.8, 4) is 23.0 Å². The minimum Gasteiger partial charge on any atom is -0.504 e. The highest BCUT2D eigenvalue weighted by Crippen LogP contribution is 2.80. The van der Waals surface area contributed by atoms with Crippen molar-refractivity contribution in [2.24, 2.45) is 45.3 Å². The van der Waals surface area contributed by atoms with Gasteiger partial charge in [0, 0.05) is 84.0 Å². The van der Waals surface area contributed by atoms with Gasteiger partial charge in [-0.3, -0.25) is 9.80 Å². The van der Waals surface area contributed by atoms with E-state index in [1.807, 2.05) is 40.2 Å². The minimum atomic E-state index is -0.909. The minimum absolute atomic E-state index is 0. The highest BCUT2D eigenvalue weighted by atomic mass is 35.5. The standard InChI is InChI=1S/2C29H41NO4.ClH/c2*1-25(2,3)26(4,32)20-15-27-10-11-29(20,33-5)24-28(27)12-13-30(16-17-6-7-17)21(27)14-18-8-9-19(31)23(34-24)22(18)28;/h2*8-9,17,20-21,24,31-32H,6-7,10-16H2,1-5H3;1H/t2*20-,21-,24-,26+,27-,28+,29-;/m11./s1. The molecule has 4 spiro atoms. The molecule has 14 aliphatic rings. The third-order valence-corrected chi connectivity index (χ3v) is 23.7. The van der Waals surface area contributed by atoms with Crippen LogP contribution in [0.4, 0.5) is 0 Å². The van der Waals surface area contributed by atoms with Gasteiger partial charge in [0.25, 0.3) is 0 Å². The Bertz CT molecular complexity index is 2290. The van der Waals surface area contributed by atoms with Gasteiger partial charge < -0.3 is 39.4 Å². The summed E-state index contributed by atoms with van der Waals surface area (Å²) in [7, 11) is 3.66. The maximum Gasteiger partial charge on any atom is 0.165 e. The summed E-state index contributed by atoms with van der Waals surface area (Å²) in [5, 5.41) is 46.3. The number of halogens is 1. The van der Waals surface area contributed by atoms with Crippen molar-refractivity contribution < 1.29 is 39.4 Å². The summed E-state index contributed by atoms with van der Waals surface area (Å²) in [5.41, 5.74) is 1.57. The van der Waals surface area contributed by atoms with Gasteiger partial charge in [0.05, 0.1) is 11.2 Å². The second-order valence-electron chi connectivity index (χ2n) is 27.6. The lowest BCUT2D eigenvalue weighted by atomic mass is 9.33. The number of fused-ring (bicyclic) bond motifs is 4. The van der Waals surface area contributed by atoms with E-state index in [-0.39, 0.29) is 80.4 Å². The van der Waals surface area contributed by atoms with Crippen molar-refractivity contribution in [1.29, 1.82) is 0 Å². The first-order valence-corrected chi connectivity index (χ1v) is 27.1. The smallest absolute Gasteiger partial charge is 0.165 e. The van der Waals surface area contributed by atoms with Crippen molar-refractivity contribution in [2.45, 2.75) is 203 Å². The summed E-state index contributed by atoms with van der Waals surface area (Å²) in [6.07, 6.45) is 15.3. The van der Waals surface area contributed by atoms with Gasteiger partial charge in [0.2, 0.25) is 0 Å². The highest BCUT2D eigenvalue weighted by molar-refractivity contribution is 5.85. The molecule has 4 aliphatic heterocycles. The SMILES string of the molecule is CO[C@]12CC[C@@]3(C[C@@H]1[C@](C)(O)C(C)(C)C)[C@H]1Cc4ccc(O)c5c4[C@@]3(CCN1CC1CC1)[C@H]2O5.CO[C@]12CC[C@@]3(C[C@@H]1[C@](C)(O)C(C)(C)C)[C@H]1Cc4ccc(O)c5c4[C@@]3(CCN1CC1CC1)[C@H]2O5.Cl. The normalized spacial score (nSPS) is 43.2. The van der Waals surface area contributed by atoms with E-state index in [0.29, 0.717) is 23.6 Å². The molecule has 14 atom stereocenters. The molecule has 10 nitrogen and oxygen atoms in total. The number of hydrogen-bond donors (Lipinski definition) is 4. The van der Waals surface area contributed by atoms with Crippen molar-refractivity contribution in [3.63, 3.8) is 0 Å². The molecule has 2 aromatic rings. The molecule has 380 valence electrons. The van der Waals surface area contributed by atoms with Crippen LogP contribution in [0.3, 0.4) is 0 Å². The molecule has 0 amide bonds. The molecule has 69 heavy (non-hydrogen) atoms. The summed E-state index contributed by atoms with van der Waals surface area (Å²) >= 11 is 0. The molecule has 4 heterocycles. The van der Waals surface area contributed by atoms with Crippen LogP contribution in [0, 0.1) is 45.3 Å². The number of phenolic OH excluding ortho intramolecular Hbond substituents is 2. The topological polar surface area (TPSA) is 124 Å². The largest absolute Gasteiger partial charge is 0.504 e. The average molecular weight is 972 g/mol. The first kappa shape index (κ1) is 47.7. The fourth-order valence-electron chi connectivity index (χ4n) is 19.2. The Morgan fingerprint density at radius 2 is 0.957 bits per heavy atom. The van der Waals surface area contributed by atoms with Gasteiger partial charge in [0.15, 0.2) is 23.0 Å². The maximum atomic E-state index is 12.2. The number of nitrogens with zero attached hydrogens (tertiary/aromatic N) is 2. The first-order chi connectivity index (χ1) is 32.0. The Morgan fingerprint density at radius 3 is 1.29 bits per heavy atom. The number of benzene rings is 2. The van der Waals surface area contributed by atoms with Crippen LogP contribution in [0.1, 0.15) is 155 Å². The molecule has 0 radical (unpaired) electrons. The predicted molar refractivity (Wildman–Crippen MR) is 268 cm³/mol. The predicted octanol–water partition coefficient (Wildman–Crippen LogP) is 9.25. The fraction of sp³-hybridized carbons (Fsp3) is 0.793. The molecule has 2 saturated heterocycles. The lowest BCUT2D eigenvalue weighted by Crippen LogP contribution is -2.83. The van der Waals surface area contributed by atoms with E-state index >= 15 is 0 Å². The molecule has 10 aliphatic carbocycles. The Labute approximate surface area is 418 Å². The lowest BCUT2D eigenvalue weighted by Gasteiger charge is -2.75. The van der Waals surface area contributed by atoms with E-state index in [0.717, 1.165) is 89.1 Å². The van der Waals surface area contributed by atoms with E-state index in [1.165, 1.54) is 61.0 Å². The quantitative estimate of drug-likeness (QED) is 0.204. The van der Waals surface area contributed by atoms with Gasteiger partial charge in [-0.1, -0.05) is 53.7 Å². The second kappa shape index (κ2) is 14.5. The molecular formula is C58H83ClN2O8. The molecule has 0 aromatic heterocycles. The molecular weight excluding hydrogens is 888 g/mol. The number of ether oxygens (including phenoxy) is 4. The van der Waals surface area contributed by atoms with E-state index in [1.54, 1.807) is 0 Å². The summed E-state index contributed by atoms with van der Waals surface area (Å²) in [6.45, 7) is 21.6. The summed E-state index contributed by atoms with van der Waals surface area (Å²) in [5.74, 6) is 3.60. The van der Waals surface area contributed by atoms with Crippen LogP contribution in [0.25, 0.3) is 0 Å². The number of methoxy groups -OCH3 is 2. The molecule has 16 rings (SSSR count). The Balaban J connectivity index is 0.000000141. The van der Waals surface area contributed by atoms with Crippen LogP contribution < -0.4 is 9.47 Å². The number of rotatable bonds is 8. The Kier molecular flexibility index (Phi) is 10.0. The molecule has 8 bridgehead atoms. The summed E-state index contributed by atoms with van der Waals surface area (Å²) < 4.78 is 26.9. The van der Waals surface area contributed by atoms with Crippen LogP contribution in [-0.4, -0.2) is 117 Å². The number of aliphatic hydroxyl groups is 2. The fourth-order valence-corrected chi connectivity index (χ4v) is 19.2. The summed E-state index contributed by atoms with van der Waals surface area (Å²) in [4.78, 5) is 5.64. The number of piperidine rings is 2. The monoisotopic (exact) mass is 971 g/mol. The van der Waals surface area contributed by atoms with Crippen molar-refractivity contribution in [2.75, 3.05) is 40.4 Å². The highest BCUT2D eigenvalue weighted by Gasteiger charge is 2.84. The van der Waals surface area contributed by atoms with Crippen molar-refractivity contribution in [1.82, 2.24) is 9.80 Å². The van der Waals surface area contributed by atoms with Crippen molar-refractivity contribution >= 4 is 12.4 Å². The van der Waals surface area contributed by atoms with Gasteiger partial charge in [-0.05, 0) is 163 Å². The van der Waals surface area contributed by atoms with Crippen LogP contribution in [-0.2, 0) is 33.1 Å². The Hall–Kier alpha value is -2.31. The number of hydrogen-bond acceptors (Lipinski definition) is 10. The number of phenols is 2. The van der Waals surface area contributed by atoms with Crippen LogP contribution in [0.5, 0.6) is 23.0 Å². The van der Waals surface area contributed by atoms with Crippen LogP contribution >= 0.6 is 12.4 Å².